The average molecular weight is 563 g/mol. The van der Waals surface area contributed by atoms with Crippen LogP contribution in [-0.4, -0.2) is 0 Å². The molecular weight excluding hydrogens is 504 g/mol. The fraction of sp³-hybridized carbons (Fsp3) is 0.571. The number of aryl methyl sites for hydroxylation is 2. The van der Waals surface area contributed by atoms with E-state index in [2.05, 4.69) is 86.6 Å². The predicted octanol–water partition coefficient (Wildman–Crippen LogP) is 12.8. The van der Waals surface area contributed by atoms with Crippen molar-refractivity contribution in [2.45, 2.75) is 141 Å². The zero-order valence-corrected chi connectivity index (χ0v) is 27.0. The molecule has 3 aromatic rings. The molecule has 2 aliphatic rings. The zero-order valence-electron chi connectivity index (χ0n) is 27.0. The molecule has 0 aromatic heterocycles. The molecule has 0 aliphatic heterocycles. The van der Waals surface area contributed by atoms with Gasteiger partial charge in [0, 0.05) is 0 Å². The number of hydrogen-bond acceptors (Lipinski definition) is 0. The summed E-state index contributed by atoms with van der Waals surface area (Å²) in [6.45, 7) is 4.64. The van der Waals surface area contributed by atoms with E-state index in [9.17, 15) is 0 Å². The molecule has 0 unspecified atom stereocenters. The van der Waals surface area contributed by atoms with E-state index in [0.717, 1.165) is 36.5 Å². The monoisotopic (exact) mass is 562 g/mol. The van der Waals surface area contributed by atoms with Crippen molar-refractivity contribution in [1.29, 1.82) is 0 Å². The van der Waals surface area contributed by atoms with Crippen molar-refractivity contribution in [3.8, 4) is 11.1 Å². The molecule has 2 fully saturated rings. The Balaban J connectivity index is 1.04. The Morgan fingerprint density at radius 3 is 1.36 bits per heavy atom. The van der Waals surface area contributed by atoms with Gasteiger partial charge in [-0.25, -0.2) is 0 Å². The second-order valence-electron chi connectivity index (χ2n) is 14.0. The van der Waals surface area contributed by atoms with E-state index in [1.54, 1.807) is 11.1 Å². The number of rotatable bonds is 14. The molecule has 5 rings (SSSR count). The van der Waals surface area contributed by atoms with Crippen LogP contribution in [0.2, 0.25) is 0 Å². The first-order valence-electron chi connectivity index (χ1n) is 18.0. The minimum absolute atomic E-state index is 0.771. The van der Waals surface area contributed by atoms with Gasteiger partial charge in [0.2, 0.25) is 0 Å². The van der Waals surface area contributed by atoms with E-state index >= 15 is 0 Å². The van der Waals surface area contributed by atoms with Crippen LogP contribution in [-0.2, 0) is 12.8 Å². The lowest BCUT2D eigenvalue weighted by molar-refractivity contribution is 0.302. The quantitative estimate of drug-likeness (QED) is 0.171. The third-order valence-electron chi connectivity index (χ3n) is 10.9. The van der Waals surface area contributed by atoms with Crippen molar-refractivity contribution >= 4 is 0 Å². The third-order valence-corrected chi connectivity index (χ3v) is 10.9. The first-order chi connectivity index (χ1) is 20.7. The Kier molecular flexibility index (Phi) is 12.2. The largest absolute Gasteiger partial charge is 0.0654 e. The topological polar surface area (TPSA) is 0 Å². The molecule has 3 aromatic carbocycles. The summed E-state index contributed by atoms with van der Waals surface area (Å²) in [5.74, 6) is 3.53. The van der Waals surface area contributed by atoms with Crippen LogP contribution < -0.4 is 0 Å². The van der Waals surface area contributed by atoms with Gasteiger partial charge in [-0.15, -0.1) is 0 Å². The maximum absolute atomic E-state index is 2.42. The SMILES string of the molecule is CCCCCCC[C@H]1CC[C@H](c2ccc(-c3ccc(CCc4ccc([C@H]5CC[C@H](CCC)CC5)cc4)cc3)cc2)CC1. The maximum Gasteiger partial charge on any atom is -0.0162 e. The van der Waals surface area contributed by atoms with Gasteiger partial charge in [-0.3, -0.25) is 0 Å². The second kappa shape index (κ2) is 16.5. The van der Waals surface area contributed by atoms with Gasteiger partial charge in [0.05, 0.1) is 0 Å². The highest BCUT2D eigenvalue weighted by molar-refractivity contribution is 5.64. The highest BCUT2D eigenvalue weighted by Crippen LogP contribution is 2.39. The van der Waals surface area contributed by atoms with Crippen LogP contribution in [0.1, 0.15) is 151 Å². The maximum atomic E-state index is 2.42. The normalized spacial score (nSPS) is 22.7. The van der Waals surface area contributed by atoms with Crippen molar-refractivity contribution < 1.29 is 0 Å². The predicted molar refractivity (Wildman–Crippen MR) is 183 cm³/mol. The molecule has 0 nitrogen and oxygen atoms in total. The van der Waals surface area contributed by atoms with Crippen LogP contribution in [0.5, 0.6) is 0 Å². The molecule has 0 amide bonds. The second-order valence-corrected chi connectivity index (χ2v) is 14.0. The summed E-state index contributed by atoms with van der Waals surface area (Å²) in [7, 11) is 0. The van der Waals surface area contributed by atoms with Crippen LogP contribution in [0, 0.1) is 11.8 Å². The third kappa shape index (κ3) is 9.08. The number of unbranched alkanes of at least 4 members (excludes halogenated alkanes) is 4. The summed E-state index contributed by atoms with van der Waals surface area (Å²) in [6.07, 6.45) is 24.9. The lowest BCUT2D eigenvalue weighted by atomic mass is 9.77. The molecule has 2 aliphatic carbocycles. The van der Waals surface area contributed by atoms with Gasteiger partial charge in [0.1, 0.15) is 0 Å². The van der Waals surface area contributed by atoms with E-state index in [0.29, 0.717) is 0 Å². The van der Waals surface area contributed by atoms with E-state index in [4.69, 9.17) is 0 Å². The summed E-state index contributed by atoms with van der Waals surface area (Å²) in [5.41, 5.74) is 8.74. The average Bonchev–Trinajstić information content (AvgIpc) is 3.05. The van der Waals surface area contributed by atoms with Crippen molar-refractivity contribution in [3.63, 3.8) is 0 Å². The van der Waals surface area contributed by atoms with Gasteiger partial charge in [-0.2, -0.15) is 0 Å². The molecular formula is C42H58. The molecule has 0 atom stereocenters. The Bertz CT molecular complexity index is 1140. The first kappa shape index (κ1) is 31.1. The number of benzene rings is 3. The summed E-state index contributed by atoms with van der Waals surface area (Å²) < 4.78 is 0. The van der Waals surface area contributed by atoms with Crippen LogP contribution in [0.3, 0.4) is 0 Å². The molecule has 226 valence electrons. The molecule has 0 heteroatoms. The van der Waals surface area contributed by atoms with Crippen molar-refractivity contribution in [3.05, 3.63) is 95.1 Å². The lowest BCUT2D eigenvalue weighted by Gasteiger charge is -2.29. The Labute approximate surface area is 258 Å². The van der Waals surface area contributed by atoms with E-state index in [-0.39, 0.29) is 0 Å². The molecule has 42 heavy (non-hydrogen) atoms. The van der Waals surface area contributed by atoms with Gasteiger partial charge >= 0.3 is 0 Å². The van der Waals surface area contributed by atoms with E-state index < -0.39 is 0 Å². The van der Waals surface area contributed by atoms with Gasteiger partial charge in [0.15, 0.2) is 0 Å². The van der Waals surface area contributed by atoms with Gasteiger partial charge in [-0.1, -0.05) is 138 Å². The van der Waals surface area contributed by atoms with Crippen LogP contribution >= 0.6 is 0 Å². The highest BCUT2D eigenvalue weighted by atomic mass is 14.3. The van der Waals surface area contributed by atoms with Crippen molar-refractivity contribution in [1.82, 2.24) is 0 Å². The molecule has 2 saturated carbocycles. The lowest BCUT2D eigenvalue weighted by Crippen LogP contribution is -2.13. The standard InChI is InChI=1S/C42H58/c1-3-5-6-7-8-10-34-15-23-39(24-16-34)41-29-31-42(32-30-41)40-27-19-36(20-28-40)12-11-35-17-25-38(26-18-35)37-21-13-33(9-4-2)14-22-37/h17-20,25-34,37,39H,3-16,21-24H2,1-2H3/t33-,34-,37-,39-. The van der Waals surface area contributed by atoms with Crippen molar-refractivity contribution in [2.75, 3.05) is 0 Å². The molecule has 0 spiro atoms. The first-order valence-corrected chi connectivity index (χ1v) is 18.0. The minimum atomic E-state index is 0.771. The molecule has 0 N–H and O–H groups in total. The minimum Gasteiger partial charge on any atom is -0.0654 e. The Morgan fingerprint density at radius 1 is 0.429 bits per heavy atom. The van der Waals surface area contributed by atoms with Gasteiger partial charge in [0.25, 0.3) is 0 Å². The summed E-state index contributed by atoms with van der Waals surface area (Å²) in [6, 6.07) is 28.5. The smallest absolute Gasteiger partial charge is 0.0162 e. The summed E-state index contributed by atoms with van der Waals surface area (Å²) in [4.78, 5) is 0. The molecule has 0 saturated heterocycles. The van der Waals surface area contributed by atoms with Crippen LogP contribution in [0.25, 0.3) is 11.1 Å². The Morgan fingerprint density at radius 2 is 0.857 bits per heavy atom. The van der Waals surface area contributed by atoms with Gasteiger partial charge in [-0.05, 0) is 121 Å². The van der Waals surface area contributed by atoms with Crippen LogP contribution in [0.4, 0.5) is 0 Å². The molecule has 0 radical (unpaired) electrons. The summed E-state index contributed by atoms with van der Waals surface area (Å²) >= 11 is 0. The van der Waals surface area contributed by atoms with Crippen molar-refractivity contribution in [2.24, 2.45) is 11.8 Å². The fourth-order valence-electron chi connectivity index (χ4n) is 8.07. The molecule has 0 bridgehead atoms. The Hall–Kier alpha value is -2.34. The van der Waals surface area contributed by atoms with E-state index in [1.165, 1.54) is 125 Å². The van der Waals surface area contributed by atoms with Gasteiger partial charge < -0.3 is 0 Å². The summed E-state index contributed by atoms with van der Waals surface area (Å²) in [5, 5.41) is 0. The number of hydrogen-bond donors (Lipinski definition) is 0. The zero-order chi connectivity index (χ0) is 29.0. The fourth-order valence-corrected chi connectivity index (χ4v) is 8.07. The van der Waals surface area contributed by atoms with Crippen LogP contribution in [0.15, 0.2) is 72.8 Å². The highest BCUT2D eigenvalue weighted by Gasteiger charge is 2.23. The molecule has 0 heterocycles. The van der Waals surface area contributed by atoms with E-state index in [1.807, 2.05) is 0 Å².